The Kier molecular flexibility index (Phi) is 5.67. The van der Waals surface area contributed by atoms with E-state index in [1.54, 1.807) is 23.1 Å². The van der Waals surface area contributed by atoms with Crippen molar-refractivity contribution in [1.82, 2.24) is 9.80 Å². The Hall–Kier alpha value is -2.63. The minimum atomic E-state index is -0.458. The summed E-state index contributed by atoms with van der Waals surface area (Å²) in [5.41, 5.74) is 2.72. The van der Waals surface area contributed by atoms with Crippen LogP contribution in [-0.4, -0.2) is 42.9 Å². The Morgan fingerprint density at radius 1 is 1.10 bits per heavy atom. The predicted molar refractivity (Wildman–Crippen MR) is 119 cm³/mol. The summed E-state index contributed by atoms with van der Waals surface area (Å²) >= 11 is 6.12. The zero-order valence-corrected chi connectivity index (χ0v) is 18.2. The Morgan fingerprint density at radius 2 is 1.83 bits per heavy atom. The second-order valence-electron chi connectivity index (χ2n) is 7.97. The summed E-state index contributed by atoms with van der Waals surface area (Å²) in [7, 11) is 4.01. The lowest BCUT2D eigenvalue weighted by molar-refractivity contribution is 0.0722. The molecule has 1 amide bonds. The van der Waals surface area contributed by atoms with Crippen LogP contribution in [0.25, 0.3) is 11.0 Å². The zero-order chi connectivity index (χ0) is 21.4. The van der Waals surface area contributed by atoms with Crippen LogP contribution in [0, 0.1) is 0 Å². The van der Waals surface area contributed by atoms with Gasteiger partial charge in [0.25, 0.3) is 5.91 Å². The van der Waals surface area contributed by atoms with Crippen molar-refractivity contribution in [2.24, 2.45) is 0 Å². The molecule has 0 saturated carbocycles. The quantitative estimate of drug-likeness (QED) is 0.584. The molecule has 6 heteroatoms. The molecule has 4 rings (SSSR count). The van der Waals surface area contributed by atoms with Gasteiger partial charge in [-0.15, -0.1) is 0 Å². The molecule has 5 nitrogen and oxygen atoms in total. The smallest absolute Gasteiger partial charge is 0.290 e. The first-order valence-corrected chi connectivity index (χ1v) is 10.6. The molecular formula is C24H25ClN2O3. The number of benzene rings is 2. The third-order valence-corrected chi connectivity index (χ3v) is 5.87. The SMILES string of the molecule is CCc1ccc([C@H]2c3c(oc4ccc(Cl)cc4c3=O)C(=O)N2CCCN(C)C)cc1. The van der Waals surface area contributed by atoms with Crippen molar-refractivity contribution >= 4 is 28.5 Å². The standard InChI is InChI=1S/C24H25ClN2O3/c1-4-15-6-8-16(9-7-15)21-20-22(28)18-14-17(25)10-11-19(18)30-23(20)24(29)27(21)13-5-12-26(2)3/h6-11,14,21H,4-5,12-13H2,1-3H3/t21-/m0/s1. The summed E-state index contributed by atoms with van der Waals surface area (Å²) in [6.45, 7) is 3.49. The van der Waals surface area contributed by atoms with E-state index in [1.807, 2.05) is 26.2 Å². The van der Waals surface area contributed by atoms with Gasteiger partial charge in [-0.05, 0) is 62.8 Å². The van der Waals surface area contributed by atoms with Crippen LogP contribution in [0.5, 0.6) is 0 Å². The van der Waals surface area contributed by atoms with Crippen LogP contribution in [0.15, 0.2) is 51.7 Å². The van der Waals surface area contributed by atoms with Crippen molar-refractivity contribution in [3.63, 3.8) is 0 Å². The molecule has 0 saturated heterocycles. The van der Waals surface area contributed by atoms with Gasteiger partial charge in [-0.2, -0.15) is 0 Å². The van der Waals surface area contributed by atoms with E-state index >= 15 is 0 Å². The Bertz CT molecular complexity index is 1150. The fourth-order valence-corrected chi connectivity index (χ4v) is 4.23. The number of halogens is 1. The average molecular weight is 425 g/mol. The van der Waals surface area contributed by atoms with E-state index in [-0.39, 0.29) is 17.1 Å². The Morgan fingerprint density at radius 3 is 2.50 bits per heavy atom. The average Bonchev–Trinajstić information content (AvgIpc) is 3.01. The van der Waals surface area contributed by atoms with E-state index in [9.17, 15) is 9.59 Å². The molecule has 30 heavy (non-hydrogen) atoms. The highest BCUT2D eigenvalue weighted by Crippen LogP contribution is 2.38. The van der Waals surface area contributed by atoms with Gasteiger partial charge in [0.2, 0.25) is 5.76 Å². The minimum absolute atomic E-state index is 0.143. The number of hydrogen-bond donors (Lipinski definition) is 0. The molecule has 3 aromatic rings. The molecule has 2 heterocycles. The highest BCUT2D eigenvalue weighted by Gasteiger charge is 2.42. The van der Waals surface area contributed by atoms with Crippen molar-refractivity contribution < 1.29 is 9.21 Å². The monoisotopic (exact) mass is 424 g/mol. The molecule has 0 unspecified atom stereocenters. The fraction of sp³-hybridized carbons (Fsp3) is 0.333. The summed E-state index contributed by atoms with van der Waals surface area (Å²) in [4.78, 5) is 30.6. The predicted octanol–water partition coefficient (Wildman–Crippen LogP) is 4.51. The normalized spacial score (nSPS) is 16.0. The molecular weight excluding hydrogens is 400 g/mol. The van der Waals surface area contributed by atoms with Gasteiger partial charge in [-0.25, -0.2) is 0 Å². The van der Waals surface area contributed by atoms with Crippen LogP contribution >= 0.6 is 11.6 Å². The number of amides is 1. The van der Waals surface area contributed by atoms with Gasteiger partial charge in [0.15, 0.2) is 5.43 Å². The van der Waals surface area contributed by atoms with Gasteiger partial charge in [-0.3, -0.25) is 9.59 Å². The summed E-state index contributed by atoms with van der Waals surface area (Å²) in [6.07, 6.45) is 1.73. The van der Waals surface area contributed by atoms with Crippen LogP contribution in [0.4, 0.5) is 0 Å². The van der Waals surface area contributed by atoms with Gasteiger partial charge < -0.3 is 14.2 Å². The minimum Gasteiger partial charge on any atom is -0.450 e. The highest BCUT2D eigenvalue weighted by atomic mass is 35.5. The first kappa shape index (κ1) is 20.6. The summed E-state index contributed by atoms with van der Waals surface area (Å²) in [5.74, 6) is -0.0912. The third-order valence-electron chi connectivity index (χ3n) is 5.64. The van der Waals surface area contributed by atoms with Crippen molar-refractivity contribution in [2.75, 3.05) is 27.2 Å². The maximum atomic E-state index is 13.4. The molecule has 1 atom stereocenters. The summed E-state index contributed by atoms with van der Waals surface area (Å²) in [5, 5.41) is 0.866. The molecule has 1 aliphatic heterocycles. The van der Waals surface area contributed by atoms with E-state index in [1.165, 1.54) is 5.56 Å². The molecule has 0 radical (unpaired) electrons. The molecule has 0 fully saturated rings. The molecule has 0 spiro atoms. The maximum Gasteiger partial charge on any atom is 0.290 e. The largest absolute Gasteiger partial charge is 0.450 e. The fourth-order valence-electron chi connectivity index (χ4n) is 4.06. The number of aryl methyl sites for hydroxylation is 1. The van der Waals surface area contributed by atoms with Crippen molar-refractivity contribution in [2.45, 2.75) is 25.8 Å². The lowest BCUT2D eigenvalue weighted by atomic mass is 9.97. The van der Waals surface area contributed by atoms with E-state index in [0.717, 1.165) is 24.9 Å². The lowest BCUT2D eigenvalue weighted by Gasteiger charge is -2.26. The number of carbonyl (C=O) groups excluding carboxylic acids is 1. The van der Waals surface area contributed by atoms with Crippen LogP contribution in [0.2, 0.25) is 5.02 Å². The molecule has 0 aliphatic carbocycles. The lowest BCUT2D eigenvalue weighted by Crippen LogP contribution is -2.32. The molecule has 2 aromatic carbocycles. The van der Waals surface area contributed by atoms with E-state index in [2.05, 4.69) is 24.0 Å². The van der Waals surface area contributed by atoms with E-state index < -0.39 is 6.04 Å². The Balaban J connectivity index is 1.86. The van der Waals surface area contributed by atoms with Gasteiger partial charge in [-0.1, -0.05) is 42.8 Å². The van der Waals surface area contributed by atoms with E-state index in [0.29, 0.717) is 28.1 Å². The zero-order valence-electron chi connectivity index (χ0n) is 17.4. The molecule has 1 aromatic heterocycles. The summed E-state index contributed by atoms with van der Waals surface area (Å²) in [6, 6.07) is 12.6. The van der Waals surface area contributed by atoms with Crippen LogP contribution in [-0.2, 0) is 6.42 Å². The number of carbonyl (C=O) groups is 1. The molecule has 1 aliphatic rings. The van der Waals surface area contributed by atoms with Crippen LogP contribution in [0.3, 0.4) is 0 Å². The third kappa shape index (κ3) is 3.64. The van der Waals surface area contributed by atoms with Crippen molar-refractivity contribution in [3.8, 4) is 0 Å². The van der Waals surface area contributed by atoms with Gasteiger partial charge in [0.1, 0.15) is 5.58 Å². The molecule has 0 bridgehead atoms. The second kappa shape index (κ2) is 8.25. The van der Waals surface area contributed by atoms with Crippen LogP contribution < -0.4 is 5.43 Å². The molecule has 0 N–H and O–H groups in total. The number of fused-ring (bicyclic) bond motifs is 2. The van der Waals surface area contributed by atoms with Crippen LogP contribution in [0.1, 0.15) is 46.6 Å². The Labute approximate surface area is 180 Å². The van der Waals surface area contributed by atoms with E-state index in [4.69, 9.17) is 16.0 Å². The topological polar surface area (TPSA) is 53.8 Å². The first-order valence-electron chi connectivity index (χ1n) is 10.2. The highest BCUT2D eigenvalue weighted by molar-refractivity contribution is 6.31. The van der Waals surface area contributed by atoms with Gasteiger partial charge in [0, 0.05) is 11.6 Å². The number of hydrogen-bond acceptors (Lipinski definition) is 4. The maximum absolute atomic E-state index is 13.4. The van der Waals surface area contributed by atoms with Crippen molar-refractivity contribution in [1.29, 1.82) is 0 Å². The number of rotatable bonds is 6. The van der Waals surface area contributed by atoms with Gasteiger partial charge in [0.05, 0.1) is 17.0 Å². The van der Waals surface area contributed by atoms with Crippen molar-refractivity contribution in [3.05, 3.63) is 80.2 Å². The first-order chi connectivity index (χ1) is 14.4. The second-order valence-corrected chi connectivity index (χ2v) is 8.40. The van der Waals surface area contributed by atoms with Gasteiger partial charge >= 0.3 is 0 Å². The molecule has 156 valence electrons. The summed E-state index contributed by atoms with van der Waals surface area (Å²) < 4.78 is 5.95. The number of nitrogens with zero attached hydrogens (tertiary/aromatic N) is 2.